The van der Waals surface area contributed by atoms with Crippen LogP contribution < -0.4 is 5.32 Å². The molecule has 0 fully saturated rings. The van der Waals surface area contributed by atoms with E-state index in [1.54, 1.807) is 7.11 Å². The molecule has 1 aromatic carbocycles. The molecule has 108 valence electrons. The molecule has 0 aliphatic rings. The van der Waals surface area contributed by atoms with Crippen molar-refractivity contribution in [1.82, 2.24) is 5.32 Å². The van der Waals surface area contributed by atoms with E-state index in [0.29, 0.717) is 16.1 Å². The smallest absolute Gasteiger partial charge is 0.0624 e. The highest BCUT2D eigenvalue weighted by Gasteiger charge is 2.13. The summed E-state index contributed by atoms with van der Waals surface area (Å²) < 4.78 is 5.30. The molecule has 0 saturated carbocycles. The van der Waals surface area contributed by atoms with Gasteiger partial charge in [0, 0.05) is 13.2 Å². The van der Waals surface area contributed by atoms with E-state index in [4.69, 9.17) is 27.9 Å². The minimum absolute atomic E-state index is 0.288. The molecule has 4 heteroatoms. The van der Waals surface area contributed by atoms with E-state index in [9.17, 15) is 0 Å². The molecule has 1 rings (SSSR count). The molecule has 0 heterocycles. The van der Waals surface area contributed by atoms with Gasteiger partial charge < -0.3 is 10.1 Å². The summed E-state index contributed by atoms with van der Waals surface area (Å²) in [6.07, 6.45) is 3.28. The van der Waals surface area contributed by atoms with Crippen LogP contribution in [-0.2, 0) is 11.2 Å². The number of rotatable bonds is 8. The van der Waals surface area contributed by atoms with Crippen LogP contribution in [0.5, 0.6) is 0 Å². The molecular weight excluding hydrogens is 281 g/mol. The minimum Gasteiger partial charge on any atom is -0.382 e. The van der Waals surface area contributed by atoms with E-state index in [2.05, 4.69) is 19.2 Å². The first kappa shape index (κ1) is 16.8. The maximum atomic E-state index is 6.24. The summed E-state index contributed by atoms with van der Waals surface area (Å²) in [7, 11) is 1.75. The lowest BCUT2D eigenvalue weighted by Crippen LogP contribution is -2.32. The fourth-order valence-electron chi connectivity index (χ4n) is 2.09. The van der Waals surface area contributed by atoms with Crippen molar-refractivity contribution >= 4 is 23.2 Å². The first-order valence-corrected chi connectivity index (χ1v) is 7.53. The second-order valence-electron chi connectivity index (χ2n) is 4.80. The Balaban J connectivity index is 2.64. The van der Waals surface area contributed by atoms with Crippen molar-refractivity contribution in [1.29, 1.82) is 0 Å². The van der Waals surface area contributed by atoms with Crippen molar-refractivity contribution in [2.45, 2.75) is 45.3 Å². The molecule has 19 heavy (non-hydrogen) atoms. The van der Waals surface area contributed by atoms with Gasteiger partial charge in [0.05, 0.1) is 16.1 Å². The van der Waals surface area contributed by atoms with E-state index in [0.717, 1.165) is 31.4 Å². The maximum absolute atomic E-state index is 6.24. The number of methoxy groups -OCH3 is 1. The summed E-state index contributed by atoms with van der Waals surface area (Å²) in [6.45, 7) is 5.16. The van der Waals surface area contributed by atoms with Crippen LogP contribution in [0.1, 0.15) is 32.3 Å². The Labute approximate surface area is 126 Å². The van der Waals surface area contributed by atoms with Crippen LogP contribution in [-0.4, -0.2) is 25.8 Å². The standard InChI is InChI=1S/C15H23Cl2NO/c1-4-18-13(9-8-11(2)19-3)10-12-6-5-7-14(16)15(12)17/h5-7,11,13,18H,4,8-10H2,1-3H3. The van der Waals surface area contributed by atoms with E-state index in [1.807, 2.05) is 18.2 Å². The third-order valence-electron chi connectivity index (χ3n) is 3.31. The van der Waals surface area contributed by atoms with Crippen molar-refractivity contribution in [3.8, 4) is 0 Å². The molecule has 0 radical (unpaired) electrons. The third-order valence-corrected chi connectivity index (χ3v) is 4.17. The van der Waals surface area contributed by atoms with Gasteiger partial charge in [-0.05, 0) is 44.4 Å². The van der Waals surface area contributed by atoms with Crippen LogP contribution in [0.25, 0.3) is 0 Å². The molecule has 0 saturated heterocycles. The monoisotopic (exact) mass is 303 g/mol. The van der Waals surface area contributed by atoms with Crippen molar-refractivity contribution in [3.63, 3.8) is 0 Å². The molecule has 0 aliphatic carbocycles. The summed E-state index contributed by atoms with van der Waals surface area (Å²) >= 11 is 12.3. The Morgan fingerprint density at radius 3 is 2.63 bits per heavy atom. The fraction of sp³-hybridized carbons (Fsp3) is 0.600. The zero-order valence-corrected chi connectivity index (χ0v) is 13.4. The number of nitrogens with one attached hydrogen (secondary N) is 1. The van der Waals surface area contributed by atoms with E-state index in [1.165, 1.54) is 0 Å². The van der Waals surface area contributed by atoms with E-state index in [-0.39, 0.29) is 6.10 Å². The zero-order valence-electron chi connectivity index (χ0n) is 11.9. The van der Waals surface area contributed by atoms with Gasteiger partial charge in [0.2, 0.25) is 0 Å². The van der Waals surface area contributed by atoms with Gasteiger partial charge in [0.15, 0.2) is 0 Å². The molecule has 1 aromatic rings. The number of hydrogen-bond acceptors (Lipinski definition) is 2. The summed E-state index contributed by atoms with van der Waals surface area (Å²) in [4.78, 5) is 0. The normalized spacial score (nSPS) is 14.4. The summed E-state index contributed by atoms with van der Waals surface area (Å²) in [5.74, 6) is 0. The lowest BCUT2D eigenvalue weighted by atomic mass is 10.00. The lowest BCUT2D eigenvalue weighted by molar-refractivity contribution is 0.106. The molecule has 0 amide bonds. The highest BCUT2D eigenvalue weighted by Crippen LogP contribution is 2.27. The van der Waals surface area contributed by atoms with Gasteiger partial charge in [-0.2, -0.15) is 0 Å². The molecule has 0 bridgehead atoms. The predicted molar refractivity (Wildman–Crippen MR) is 83.3 cm³/mol. The van der Waals surface area contributed by atoms with E-state index < -0.39 is 0 Å². The Hall–Kier alpha value is -0.280. The van der Waals surface area contributed by atoms with Gasteiger partial charge in [-0.25, -0.2) is 0 Å². The quantitative estimate of drug-likeness (QED) is 0.772. The molecule has 1 N–H and O–H groups in total. The molecule has 2 atom stereocenters. The van der Waals surface area contributed by atoms with Crippen LogP contribution in [0.4, 0.5) is 0 Å². The lowest BCUT2D eigenvalue weighted by Gasteiger charge is -2.20. The van der Waals surface area contributed by atoms with Crippen molar-refractivity contribution in [2.75, 3.05) is 13.7 Å². The average Bonchev–Trinajstić information content (AvgIpc) is 2.41. The molecule has 0 spiro atoms. The van der Waals surface area contributed by atoms with Crippen LogP contribution in [0.3, 0.4) is 0 Å². The van der Waals surface area contributed by atoms with Crippen LogP contribution in [0.2, 0.25) is 10.0 Å². The SMILES string of the molecule is CCNC(CCC(C)OC)Cc1cccc(Cl)c1Cl. The van der Waals surface area contributed by atoms with Gasteiger partial charge in [-0.3, -0.25) is 0 Å². The highest BCUT2D eigenvalue weighted by atomic mass is 35.5. The van der Waals surface area contributed by atoms with E-state index >= 15 is 0 Å². The van der Waals surface area contributed by atoms with Gasteiger partial charge in [0.1, 0.15) is 0 Å². The predicted octanol–water partition coefficient (Wildman–Crippen LogP) is 4.33. The summed E-state index contributed by atoms with van der Waals surface area (Å²) in [5, 5.41) is 4.80. The summed E-state index contributed by atoms with van der Waals surface area (Å²) in [5.41, 5.74) is 1.10. The van der Waals surface area contributed by atoms with Crippen molar-refractivity contribution in [3.05, 3.63) is 33.8 Å². The topological polar surface area (TPSA) is 21.3 Å². The first-order chi connectivity index (χ1) is 9.08. The number of benzene rings is 1. The Bertz CT molecular complexity index is 384. The van der Waals surface area contributed by atoms with Gasteiger partial charge >= 0.3 is 0 Å². The molecular formula is C15H23Cl2NO. The van der Waals surface area contributed by atoms with Gasteiger partial charge in [-0.15, -0.1) is 0 Å². The molecule has 2 unspecified atom stereocenters. The molecule has 2 nitrogen and oxygen atoms in total. The second kappa shape index (κ2) is 8.80. The largest absolute Gasteiger partial charge is 0.382 e. The highest BCUT2D eigenvalue weighted by molar-refractivity contribution is 6.42. The van der Waals surface area contributed by atoms with Crippen molar-refractivity contribution in [2.24, 2.45) is 0 Å². The first-order valence-electron chi connectivity index (χ1n) is 6.77. The molecule has 0 aliphatic heterocycles. The van der Waals surface area contributed by atoms with Gasteiger partial charge in [0.25, 0.3) is 0 Å². The maximum Gasteiger partial charge on any atom is 0.0624 e. The number of halogens is 2. The second-order valence-corrected chi connectivity index (χ2v) is 5.58. The van der Waals surface area contributed by atoms with Crippen molar-refractivity contribution < 1.29 is 4.74 Å². The number of ether oxygens (including phenoxy) is 1. The van der Waals surface area contributed by atoms with Crippen LogP contribution in [0, 0.1) is 0 Å². The Morgan fingerprint density at radius 2 is 2.00 bits per heavy atom. The van der Waals surface area contributed by atoms with Crippen LogP contribution >= 0.6 is 23.2 Å². The van der Waals surface area contributed by atoms with Crippen LogP contribution in [0.15, 0.2) is 18.2 Å². The summed E-state index contributed by atoms with van der Waals surface area (Å²) in [6, 6.07) is 6.21. The number of likely N-dealkylation sites (N-methyl/N-ethyl adjacent to an activating group) is 1. The Kier molecular flexibility index (Phi) is 7.77. The Morgan fingerprint density at radius 1 is 1.26 bits per heavy atom. The molecule has 0 aromatic heterocycles. The van der Waals surface area contributed by atoms with Gasteiger partial charge in [-0.1, -0.05) is 42.3 Å². The minimum atomic E-state index is 0.288. The zero-order chi connectivity index (χ0) is 14.3. The number of hydrogen-bond donors (Lipinski definition) is 1. The fourth-order valence-corrected chi connectivity index (χ4v) is 2.49. The third kappa shape index (κ3) is 5.70. The average molecular weight is 304 g/mol.